The molecular formula is C8H10ClN3O3. The Morgan fingerprint density at radius 1 is 1.47 bits per heavy atom. The van der Waals surface area contributed by atoms with Gasteiger partial charge in [-0.2, -0.15) is 0 Å². The minimum absolute atomic E-state index is 0. The second kappa shape index (κ2) is 5.16. The summed E-state index contributed by atoms with van der Waals surface area (Å²) in [6, 6.07) is 1.15. The van der Waals surface area contributed by atoms with E-state index in [0.717, 1.165) is 12.3 Å². The van der Waals surface area contributed by atoms with E-state index in [0.29, 0.717) is 0 Å². The van der Waals surface area contributed by atoms with Gasteiger partial charge in [0, 0.05) is 13.2 Å². The summed E-state index contributed by atoms with van der Waals surface area (Å²) >= 11 is 0. The third-order valence-corrected chi connectivity index (χ3v) is 1.66. The molecule has 1 rings (SSSR count). The zero-order valence-electron chi connectivity index (χ0n) is 7.87. The number of rotatable bonds is 2. The van der Waals surface area contributed by atoms with Crippen molar-refractivity contribution in [2.24, 2.45) is 5.73 Å². The molecule has 0 radical (unpaired) electrons. The quantitative estimate of drug-likeness (QED) is 0.624. The smallest absolute Gasteiger partial charge is 0.260 e. The van der Waals surface area contributed by atoms with Crippen molar-refractivity contribution in [3.05, 3.63) is 33.7 Å². The number of carbonyl (C=O) groups is 2. The van der Waals surface area contributed by atoms with Crippen LogP contribution in [0.4, 0.5) is 0 Å². The highest BCUT2D eigenvalue weighted by Crippen LogP contribution is 1.97. The lowest BCUT2D eigenvalue weighted by molar-refractivity contribution is 0.0961. The summed E-state index contributed by atoms with van der Waals surface area (Å²) in [6.45, 7) is 0. The van der Waals surface area contributed by atoms with Crippen LogP contribution in [0.3, 0.4) is 0 Å². The van der Waals surface area contributed by atoms with Gasteiger partial charge in [0.1, 0.15) is 5.56 Å². The van der Waals surface area contributed by atoms with Crippen LogP contribution >= 0.6 is 12.4 Å². The first-order valence-corrected chi connectivity index (χ1v) is 3.81. The van der Waals surface area contributed by atoms with E-state index >= 15 is 0 Å². The largest absolute Gasteiger partial charge is 0.366 e. The summed E-state index contributed by atoms with van der Waals surface area (Å²) in [5.74, 6) is -1.26. The number of hydrogen-bond donors (Lipinski definition) is 3. The number of halogens is 1. The molecule has 0 bridgehead atoms. The van der Waals surface area contributed by atoms with Gasteiger partial charge in [0.2, 0.25) is 5.91 Å². The maximum atomic E-state index is 11.1. The molecule has 4 N–H and O–H groups in total. The average Bonchev–Trinajstić information content (AvgIpc) is 2.17. The number of amides is 2. The highest BCUT2D eigenvalue weighted by Gasteiger charge is 2.11. The SMILES string of the molecule is CNC(=O)c1cc(C(N)=O)c[nH]c1=O.Cl. The van der Waals surface area contributed by atoms with Crippen LogP contribution in [0.5, 0.6) is 0 Å². The maximum absolute atomic E-state index is 11.1. The number of aromatic nitrogens is 1. The van der Waals surface area contributed by atoms with Crippen molar-refractivity contribution < 1.29 is 9.59 Å². The number of nitrogens with two attached hydrogens (primary N) is 1. The molecule has 0 aromatic carbocycles. The standard InChI is InChI=1S/C8H9N3O3.ClH/c1-10-7(13)5-2-4(6(9)12)3-11-8(5)14;/h2-3H,1H3,(H2,9,12)(H,10,13)(H,11,14);1H. The monoisotopic (exact) mass is 231 g/mol. The predicted molar refractivity (Wildman–Crippen MR) is 56.2 cm³/mol. The van der Waals surface area contributed by atoms with Gasteiger partial charge < -0.3 is 16.0 Å². The van der Waals surface area contributed by atoms with Gasteiger partial charge in [-0.3, -0.25) is 14.4 Å². The fourth-order valence-corrected chi connectivity index (χ4v) is 0.929. The lowest BCUT2D eigenvalue weighted by Crippen LogP contribution is -2.27. The minimum atomic E-state index is -0.702. The summed E-state index contributed by atoms with van der Waals surface area (Å²) in [6.07, 6.45) is 1.16. The molecule has 0 saturated heterocycles. The van der Waals surface area contributed by atoms with Crippen molar-refractivity contribution in [3.8, 4) is 0 Å². The molecule has 82 valence electrons. The summed E-state index contributed by atoms with van der Waals surface area (Å²) in [4.78, 5) is 35.2. The molecule has 0 spiro atoms. The van der Waals surface area contributed by atoms with E-state index in [1.165, 1.54) is 7.05 Å². The summed E-state index contributed by atoms with van der Waals surface area (Å²) in [7, 11) is 1.39. The number of pyridine rings is 1. The Morgan fingerprint density at radius 2 is 2.07 bits per heavy atom. The van der Waals surface area contributed by atoms with Crippen molar-refractivity contribution >= 4 is 24.2 Å². The third-order valence-electron chi connectivity index (χ3n) is 1.66. The van der Waals surface area contributed by atoms with E-state index in [2.05, 4.69) is 10.3 Å². The second-order valence-corrected chi connectivity index (χ2v) is 2.57. The molecule has 1 heterocycles. The van der Waals surface area contributed by atoms with E-state index in [-0.39, 0.29) is 23.5 Å². The number of primary amides is 1. The molecule has 0 fully saturated rings. The van der Waals surface area contributed by atoms with Crippen LogP contribution in [0.15, 0.2) is 17.1 Å². The van der Waals surface area contributed by atoms with Crippen molar-refractivity contribution in [1.82, 2.24) is 10.3 Å². The average molecular weight is 232 g/mol. The first-order chi connectivity index (χ1) is 6.56. The van der Waals surface area contributed by atoms with Crippen molar-refractivity contribution in [1.29, 1.82) is 0 Å². The van der Waals surface area contributed by atoms with Crippen LogP contribution in [-0.4, -0.2) is 23.8 Å². The second-order valence-electron chi connectivity index (χ2n) is 2.57. The van der Waals surface area contributed by atoms with Crippen LogP contribution in [0.1, 0.15) is 20.7 Å². The first-order valence-electron chi connectivity index (χ1n) is 3.81. The zero-order chi connectivity index (χ0) is 10.7. The summed E-state index contributed by atoms with van der Waals surface area (Å²) in [5, 5.41) is 2.28. The fourth-order valence-electron chi connectivity index (χ4n) is 0.929. The number of carbonyl (C=O) groups excluding carboxylic acids is 2. The van der Waals surface area contributed by atoms with Crippen LogP contribution in [0, 0.1) is 0 Å². The molecule has 0 aliphatic carbocycles. The molecular weight excluding hydrogens is 222 g/mol. The first kappa shape index (κ1) is 13.2. The summed E-state index contributed by atoms with van der Waals surface area (Å²) < 4.78 is 0. The van der Waals surface area contributed by atoms with Gasteiger partial charge in [0.05, 0.1) is 5.56 Å². The van der Waals surface area contributed by atoms with Gasteiger partial charge in [-0.15, -0.1) is 12.4 Å². The van der Waals surface area contributed by atoms with Crippen molar-refractivity contribution in [3.63, 3.8) is 0 Å². The maximum Gasteiger partial charge on any atom is 0.260 e. The summed E-state index contributed by atoms with van der Waals surface area (Å²) in [5.41, 5.74) is 4.37. The van der Waals surface area contributed by atoms with Crippen LogP contribution in [0.25, 0.3) is 0 Å². The molecule has 15 heavy (non-hydrogen) atoms. The van der Waals surface area contributed by atoms with Crippen LogP contribution in [-0.2, 0) is 0 Å². The molecule has 1 aromatic heterocycles. The fraction of sp³-hybridized carbons (Fsp3) is 0.125. The zero-order valence-corrected chi connectivity index (χ0v) is 8.68. The van der Waals surface area contributed by atoms with Crippen LogP contribution in [0.2, 0.25) is 0 Å². The molecule has 1 aromatic rings. The minimum Gasteiger partial charge on any atom is -0.366 e. The van der Waals surface area contributed by atoms with Gasteiger partial charge in [0.25, 0.3) is 11.5 Å². The number of aromatic amines is 1. The van der Waals surface area contributed by atoms with E-state index in [9.17, 15) is 14.4 Å². The lowest BCUT2D eigenvalue weighted by Gasteiger charge is -1.99. The topological polar surface area (TPSA) is 105 Å². The lowest BCUT2D eigenvalue weighted by atomic mass is 10.2. The van der Waals surface area contributed by atoms with E-state index < -0.39 is 17.4 Å². The van der Waals surface area contributed by atoms with E-state index in [4.69, 9.17) is 5.73 Å². The van der Waals surface area contributed by atoms with Gasteiger partial charge in [-0.25, -0.2) is 0 Å². The van der Waals surface area contributed by atoms with E-state index in [1.807, 2.05) is 0 Å². The number of nitrogens with one attached hydrogen (secondary N) is 2. The Morgan fingerprint density at radius 3 is 2.53 bits per heavy atom. The molecule has 6 nitrogen and oxygen atoms in total. The molecule has 2 amide bonds. The number of hydrogen-bond acceptors (Lipinski definition) is 3. The molecule has 7 heteroatoms. The van der Waals surface area contributed by atoms with Gasteiger partial charge in [0.15, 0.2) is 0 Å². The van der Waals surface area contributed by atoms with Gasteiger partial charge in [-0.1, -0.05) is 0 Å². The number of H-pyrrole nitrogens is 1. The Hall–Kier alpha value is -1.82. The van der Waals surface area contributed by atoms with Gasteiger partial charge in [-0.05, 0) is 6.07 Å². The normalized spacial score (nSPS) is 8.87. The molecule has 0 aliphatic rings. The Balaban J connectivity index is 0.00000196. The van der Waals surface area contributed by atoms with Crippen molar-refractivity contribution in [2.45, 2.75) is 0 Å². The Kier molecular flexibility index (Phi) is 4.53. The van der Waals surface area contributed by atoms with Crippen LogP contribution < -0.4 is 16.6 Å². The molecule has 0 aliphatic heterocycles. The van der Waals surface area contributed by atoms with Gasteiger partial charge >= 0.3 is 0 Å². The predicted octanol–water partition coefficient (Wildman–Crippen LogP) is -0.745. The third kappa shape index (κ3) is 2.81. The van der Waals surface area contributed by atoms with Crippen molar-refractivity contribution in [2.75, 3.05) is 7.05 Å². The highest BCUT2D eigenvalue weighted by atomic mass is 35.5. The molecule has 0 saturated carbocycles. The Labute approximate surface area is 91.3 Å². The Bertz CT molecular complexity index is 441. The van der Waals surface area contributed by atoms with E-state index in [1.54, 1.807) is 0 Å². The molecule has 0 atom stereocenters. The highest BCUT2D eigenvalue weighted by molar-refractivity contribution is 5.98. The molecule has 0 unspecified atom stereocenters.